The molecule has 3 rings (SSSR count). The van der Waals surface area contributed by atoms with Gasteiger partial charge in [-0.1, -0.05) is 0 Å². The lowest BCUT2D eigenvalue weighted by Gasteiger charge is -2.26. The molecular weight excluding hydrogens is 367 g/mol. The van der Waals surface area contributed by atoms with Gasteiger partial charge >= 0.3 is 14.2 Å². The third kappa shape index (κ3) is 6.42. The monoisotopic (exact) mass is 383 g/mol. The zero-order valence-electron chi connectivity index (χ0n) is 13.1. The molecule has 0 saturated carbocycles. The standard InChI is InChI=1S/C8H12BN3O2S.C4H4BClN2O2/c13-9(14)7-5-10-8(11-6-7)12-1-3-15-4-2-12;6-4-7-1-3(2-8-4)5(9)10/h5-6,13-14H,1-4H2;1-2,9-10H. The minimum atomic E-state index is -1.53. The van der Waals surface area contributed by atoms with E-state index >= 15 is 0 Å². The van der Waals surface area contributed by atoms with Crippen molar-refractivity contribution in [2.24, 2.45) is 0 Å². The summed E-state index contributed by atoms with van der Waals surface area (Å²) in [7, 11) is -3.02. The Bertz CT molecular complexity index is 647. The van der Waals surface area contributed by atoms with Crippen LogP contribution in [-0.4, -0.2) is 78.9 Å². The van der Waals surface area contributed by atoms with Crippen LogP contribution in [0.5, 0.6) is 0 Å². The molecule has 9 nitrogen and oxygen atoms in total. The normalized spacial score (nSPS) is 13.7. The first kappa shape index (κ1) is 19.9. The Morgan fingerprint density at radius 2 is 1.28 bits per heavy atom. The van der Waals surface area contributed by atoms with Crippen LogP contribution in [0.1, 0.15) is 0 Å². The Morgan fingerprint density at radius 1 is 0.840 bits per heavy atom. The van der Waals surface area contributed by atoms with Gasteiger partial charge in [-0.15, -0.1) is 0 Å². The van der Waals surface area contributed by atoms with E-state index in [9.17, 15) is 0 Å². The van der Waals surface area contributed by atoms with Crippen molar-refractivity contribution < 1.29 is 20.1 Å². The first-order valence-electron chi connectivity index (χ1n) is 7.31. The molecule has 0 aliphatic carbocycles. The molecule has 0 spiro atoms. The molecule has 0 amide bonds. The molecular formula is C12H16B2ClN5O4S. The molecule has 25 heavy (non-hydrogen) atoms. The minimum Gasteiger partial charge on any atom is -0.423 e. The largest absolute Gasteiger partial charge is 0.491 e. The summed E-state index contributed by atoms with van der Waals surface area (Å²) in [6.07, 6.45) is 5.41. The molecule has 0 atom stereocenters. The summed E-state index contributed by atoms with van der Waals surface area (Å²) in [6.45, 7) is 1.90. The van der Waals surface area contributed by atoms with Crippen molar-refractivity contribution in [3.8, 4) is 0 Å². The second-order valence-electron chi connectivity index (χ2n) is 4.95. The summed E-state index contributed by atoms with van der Waals surface area (Å²) >= 11 is 7.26. The topological polar surface area (TPSA) is 136 Å². The van der Waals surface area contributed by atoms with Crippen molar-refractivity contribution in [1.29, 1.82) is 0 Å². The summed E-state index contributed by atoms with van der Waals surface area (Å²) in [5.41, 5.74) is 0.550. The number of aromatic nitrogens is 4. The smallest absolute Gasteiger partial charge is 0.423 e. The Kier molecular flexibility index (Phi) is 7.88. The fourth-order valence-electron chi connectivity index (χ4n) is 1.85. The van der Waals surface area contributed by atoms with Crippen molar-refractivity contribution in [2.75, 3.05) is 29.5 Å². The molecule has 0 unspecified atom stereocenters. The van der Waals surface area contributed by atoms with Crippen molar-refractivity contribution in [3.63, 3.8) is 0 Å². The lowest BCUT2D eigenvalue weighted by Crippen LogP contribution is -2.36. The van der Waals surface area contributed by atoms with Gasteiger partial charge in [-0.3, -0.25) is 0 Å². The third-order valence-electron chi connectivity index (χ3n) is 3.19. The van der Waals surface area contributed by atoms with E-state index < -0.39 is 14.2 Å². The van der Waals surface area contributed by atoms with E-state index in [1.807, 2.05) is 11.8 Å². The minimum absolute atomic E-state index is 0.0874. The molecule has 1 aliphatic rings. The van der Waals surface area contributed by atoms with Crippen LogP contribution in [0, 0.1) is 0 Å². The van der Waals surface area contributed by atoms with Gasteiger partial charge in [0, 0.05) is 60.3 Å². The van der Waals surface area contributed by atoms with Crippen molar-refractivity contribution in [1.82, 2.24) is 19.9 Å². The second kappa shape index (κ2) is 9.90. The lowest BCUT2D eigenvalue weighted by atomic mass is 9.83. The van der Waals surface area contributed by atoms with Crippen LogP contribution in [0.4, 0.5) is 5.95 Å². The molecule has 0 bridgehead atoms. The maximum atomic E-state index is 8.88. The quantitative estimate of drug-likeness (QED) is 0.333. The lowest BCUT2D eigenvalue weighted by molar-refractivity contribution is 0.424. The zero-order chi connectivity index (χ0) is 18.2. The average molecular weight is 383 g/mol. The summed E-state index contributed by atoms with van der Waals surface area (Å²) < 4.78 is 0. The molecule has 1 aliphatic heterocycles. The van der Waals surface area contributed by atoms with Gasteiger partial charge in [0.2, 0.25) is 11.2 Å². The van der Waals surface area contributed by atoms with E-state index in [0.29, 0.717) is 11.4 Å². The van der Waals surface area contributed by atoms with Gasteiger partial charge < -0.3 is 25.0 Å². The molecule has 3 heterocycles. The molecule has 0 radical (unpaired) electrons. The van der Waals surface area contributed by atoms with E-state index in [1.165, 1.54) is 24.8 Å². The highest BCUT2D eigenvalue weighted by molar-refractivity contribution is 7.99. The molecule has 1 fully saturated rings. The summed E-state index contributed by atoms with van der Waals surface area (Å²) in [5, 5.41) is 34.9. The van der Waals surface area contributed by atoms with E-state index in [-0.39, 0.29) is 10.7 Å². The van der Waals surface area contributed by atoms with E-state index in [2.05, 4.69) is 24.8 Å². The van der Waals surface area contributed by atoms with Gasteiger partial charge in [0.05, 0.1) is 0 Å². The summed E-state index contributed by atoms with van der Waals surface area (Å²) in [4.78, 5) is 17.4. The molecule has 132 valence electrons. The van der Waals surface area contributed by atoms with Gasteiger partial charge in [0.15, 0.2) is 0 Å². The van der Waals surface area contributed by atoms with Crippen molar-refractivity contribution >= 4 is 54.5 Å². The van der Waals surface area contributed by atoms with Crippen LogP contribution in [0.25, 0.3) is 0 Å². The number of nitrogens with zero attached hydrogens (tertiary/aromatic N) is 5. The van der Waals surface area contributed by atoms with Crippen LogP contribution in [0.15, 0.2) is 24.8 Å². The highest BCUT2D eigenvalue weighted by atomic mass is 35.5. The number of halogens is 1. The predicted molar refractivity (Wildman–Crippen MR) is 98.3 cm³/mol. The number of hydrogen-bond acceptors (Lipinski definition) is 10. The Hall–Kier alpha value is -1.43. The second-order valence-corrected chi connectivity index (χ2v) is 6.51. The van der Waals surface area contributed by atoms with Crippen LogP contribution < -0.4 is 15.8 Å². The summed E-state index contributed by atoms with van der Waals surface area (Å²) in [5.74, 6) is 2.85. The molecule has 1 saturated heterocycles. The van der Waals surface area contributed by atoms with Crippen LogP contribution in [0.3, 0.4) is 0 Å². The predicted octanol–water partition coefficient (Wildman–Crippen LogP) is -2.48. The van der Waals surface area contributed by atoms with Crippen molar-refractivity contribution in [2.45, 2.75) is 0 Å². The number of rotatable bonds is 3. The SMILES string of the molecule is OB(O)c1cnc(Cl)nc1.OB(O)c1cnc(N2CCSCC2)nc1. The maximum absolute atomic E-state index is 8.88. The number of anilines is 1. The average Bonchev–Trinajstić information content (AvgIpc) is 2.63. The molecule has 0 aromatic carbocycles. The van der Waals surface area contributed by atoms with Crippen LogP contribution in [0.2, 0.25) is 5.28 Å². The Morgan fingerprint density at radius 3 is 1.72 bits per heavy atom. The first-order valence-corrected chi connectivity index (χ1v) is 8.85. The highest BCUT2D eigenvalue weighted by Gasteiger charge is 2.16. The Labute approximate surface area is 154 Å². The first-order chi connectivity index (χ1) is 12.0. The summed E-state index contributed by atoms with van der Waals surface area (Å²) in [6, 6.07) is 0. The van der Waals surface area contributed by atoms with Crippen LogP contribution in [-0.2, 0) is 0 Å². The fraction of sp³-hybridized carbons (Fsp3) is 0.333. The zero-order valence-corrected chi connectivity index (χ0v) is 14.7. The molecule has 2 aromatic heterocycles. The molecule has 13 heteroatoms. The number of hydrogen-bond donors (Lipinski definition) is 4. The van der Waals surface area contributed by atoms with Gasteiger partial charge in [-0.25, -0.2) is 19.9 Å². The van der Waals surface area contributed by atoms with E-state index in [0.717, 1.165) is 24.6 Å². The molecule has 4 N–H and O–H groups in total. The van der Waals surface area contributed by atoms with E-state index in [4.69, 9.17) is 31.7 Å². The fourth-order valence-corrected chi connectivity index (χ4v) is 2.85. The van der Waals surface area contributed by atoms with Crippen LogP contribution >= 0.6 is 23.4 Å². The van der Waals surface area contributed by atoms with Gasteiger partial charge in [-0.05, 0) is 11.6 Å². The van der Waals surface area contributed by atoms with Gasteiger partial charge in [0.25, 0.3) is 0 Å². The number of thioether (sulfide) groups is 1. The maximum Gasteiger partial charge on any atom is 0.491 e. The van der Waals surface area contributed by atoms with Crippen molar-refractivity contribution in [3.05, 3.63) is 30.1 Å². The van der Waals surface area contributed by atoms with Gasteiger partial charge in [-0.2, -0.15) is 11.8 Å². The third-order valence-corrected chi connectivity index (χ3v) is 4.33. The Balaban J connectivity index is 0.000000196. The van der Waals surface area contributed by atoms with E-state index in [1.54, 1.807) is 0 Å². The van der Waals surface area contributed by atoms with Gasteiger partial charge in [0.1, 0.15) is 0 Å². The highest BCUT2D eigenvalue weighted by Crippen LogP contribution is 2.13. The molecule has 2 aromatic rings.